The van der Waals surface area contributed by atoms with Gasteiger partial charge < -0.3 is 9.64 Å². The molecule has 1 saturated heterocycles. The van der Waals surface area contributed by atoms with E-state index in [1.54, 1.807) is 23.1 Å². The van der Waals surface area contributed by atoms with Crippen LogP contribution in [0.15, 0.2) is 30.3 Å². The SMILES string of the molecule is COCCC(=O)N1CCN([C@H](c2ccccc2)C(F)(F)F)CC1. The van der Waals surface area contributed by atoms with Crippen molar-refractivity contribution >= 4 is 5.91 Å². The minimum absolute atomic E-state index is 0.0743. The smallest absolute Gasteiger partial charge is 0.384 e. The Bertz CT molecular complexity index is 500. The van der Waals surface area contributed by atoms with Crippen LogP contribution in [0.1, 0.15) is 18.0 Å². The van der Waals surface area contributed by atoms with Crippen molar-refractivity contribution in [3.63, 3.8) is 0 Å². The summed E-state index contributed by atoms with van der Waals surface area (Å²) in [5.74, 6) is -0.0743. The van der Waals surface area contributed by atoms with Gasteiger partial charge in [-0.3, -0.25) is 9.69 Å². The maximum atomic E-state index is 13.5. The summed E-state index contributed by atoms with van der Waals surface area (Å²) in [4.78, 5) is 14.9. The molecule has 0 radical (unpaired) electrons. The fourth-order valence-electron chi connectivity index (χ4n) is 2.82. The highest BCUT2D eigenvalue weighted by atomic mass is 19.4. The molecule has 0 aliphatic carbocycles. The summed E-state index contributed by atoms with van der Waals surface area (Å²) in [6, 6.07) is 6.28. The van der Waals surface area contributed by atoms with Crippen LogP contribution in [0, 0.1) is 0 Å². The average Bonchev–Trinajstić information content (AvgIpc) is 2.53. The number of benzene rings is 1. The number of carbonyl (C=O) groups excluding carboxylic acids is 1. The van der Waals surface area contributed by atoms with Gasteiger partial charge in [0.2, 0.25) is 5.91 Å². The molecule has 0 unspecified atom stereocenters. The van der Waals surface area contributed by atoms with Crippen molar-refractivity contribution in [2.24, 2.45) is 0 Å². The molecule has 1 aliphatic rings. The number of carbonyl (C=O) groups is 1. The number of amides is 1. The first-order chi connectivity index (χ1) is 10.9. The number of nitrogens with zero attached hydrogens (tertiary/aromatic N) is 2. The van der Waals surface area contributed by atoms with Gasteiger partial charge in [0.25, 0.3) is 0 Å². The van der Waals surface area contributed by atoms with Crippen molar-refractivity contribution in [2.75, 3.05) is 39.9 Å². The van der Waals surface area contributed by atoms with Crippen LogP contribution in [0.3, 0.4) is 0 Å². The maximum Gasteiger partial charge on any atom is 0.408 e. The lowest BCUT2D eigenvalue weighted by molar-refractivity contribution is -0.190. The molecule has 1 heterocycles. The van der Waals surface area contributed by atoms with Gasteiger partial charge in [0.05, 0.1) is 13.0 Å². The molecule has 1 amide bonds. The molecule has 7 heteroatoms. The summed E-state index contributed by atoms with van der Waals surface area (Å²) in [5, 5.41) is 0. The minimum atomic E-state index is -4.34. The number of piperazine rings is 1. The Morgan fingerprint density at radius 3 is 2.30 bits per heavy atom. The summed E-state index contributed by atoms with van der Waals surface area (Å²) in [6.07, 6.45) is -4.08. The fraction of sp³-hybridized carbons (Fsp3) is 0.562. The standard InChI is InChI=1S/C16H21F3N2O2/c1-23-12-7-14(22)20-8-10-21(11-9-20)15(16(17,18)19)13-5-3-2-4-6-13/h2-6,15H,7-12H2,1H3/t15-/m1/s1. The van der Waals surface area contributed by atoms with Gasteiger partial charge in [0, 0.05) is 33.3 Å². The zero-order valence-corrected chi connectivity index (χ0v) is 13.1. The topological polar surface area (TPSA) is 32.8 Å². The van der Waals surface area contributed by atoms with Crippen LogP contribution in [0.2, 0.25) is 0 Å². The van der Waals surface area contributed by atoms with Crippen LogP contribution >= 0.6 is 0 Å². The van der Waals surface area contributed by atoms with Crippen LogP contribution in [0.4, 0.5) is 13.2 Å². The Hall–Kier alpha value is -1.60. The van der Waals surface area contributed by atoms with Crippen molar-refractivity contribution < 1.29 is 22.7 Å². The zero-order valence-electron chi connectivity index (χ0n) is 13.1. The summed E-state index contributed by atoms with van der Waals surface area (Å²) < 4.78 is 45.3. The molecule has 0 aromatic heterocycles. The van der Waals surface area contributed by atoms with E-state index in [4.69, 9.17) is 4.74 Å². The monoisotopic (exact) mass is 330 g/mol. The van der Waals surface area contributed by atoms with E-state index in [-0.39, 0.29) is 31.0 Å². The number of alkyl halides is 3. The Labute approximate surface area is 133 Å². The summed E-state index contributed by atoms with van der Waals surface area (Å²) >= 11 is 0. The van der Waals surface area contributed by atoms with E-state index in [0.29, 0.717) is 19.7 Å². The molecule has 1 fully saturated rings. The Morgan fingerprint density at radius 1 is 1.17 bits per heavy atom. The molecule has 0 spiro atoms. The fourth-order valence-corrected chi connectivity index (χ4v) is 2.82. The van der Waals surface area contributed by atoms with Gasteiger partial charge in [-0.25, -0.2) is 0 Å². The number of hydrogen-bond donors (Lipinski definition) is 0. The van der Waals surface area contributed by atoms with Crippen molar-refractivity contribution in [1.82, 2.24) is 9.80 Å². The molecule has 1 aromatic rings. The number of rotatable bonds is 5. The van der Waals surface area contributed by atoms with Gasteiger partial charge in [-0.15, -0.1) is 0 Å². The van der Waals surface area contributed by atoms with Crippen molar-refractivity contribution in [3.05, 3.63) is 35.9 Å². The predicted molar refractivity (Wildman–Crippen MR) is 79.9 cm³/mol. The molecule has 1 atom stereocenters. The first-order valence-electron chi connectivity index (χ1n) is 7.56. The molecule has 128 valence electrons. The molecule has 4 nitrogen and oxygen atoms in total. The average molecular weight is 330 g/mol. The highest BCUT2D eigenvalue weighted by Crippen LogP contribution is 2.38. The lowest BCUT2D eigenvalue weighted by Gasteiger charge is -2.40. The Balaban J connectivity index is 2.02. The number of methoxy groups -OCH3 is 1. The van der Waals surface area contributed by atoms with Crippen LogP contribution in [-0.2, 0) is 9.53 Å². The third-order valence-electron chi connectivity index (χ3n) is 3.98. The van der Waals surface area contributed by atoms with E-state index in [2.05, 4.69) is 0 Å². The molecule has 0 saturated carbocycles. The number of halogens is 3. The van der Waals surface area contributed by atoms with Gasteiger partial charge in [-0.2, -0.15) is 13.2 Å². The normalized spacial score (nSPS) is 18.0. The molecule has 1 aromatic carbocycles. The third kappa shape index (κ3) is 4.68. The van der Waals surface area contributed by atoms with Crippen LogP contribution in [0.25, 0.3) is 0 Å². The van der Waals surface area contributed by atoms with Gasteiger partial charge in [-0.1, -0.05) is 30.3 Å². The minimum Gasteiger partial charge on any atom is -0.384 e. The first kappa shape index (κ1) is 17.7. The van der Waals surface area contributed by atoms with E-state index in [0.717, 1.165) is 0 Å². The van der Waals surface area contributed by atoms with E-state index < -0.39 is 12.2 Å². The van der Waals surface area contributed by atoms with Crippen molar-refractivity contribution in [2.45, 2.75) is 18.6 Å². The molecule has 0 bridgehead atoms. The molecule has 23 heavy (non-hydrogen) atoms. The second-order valence-electron chi connectivity index (χ2n) is 5.51. The lowest BCUT2D eigenvalue weighted by Crippen LogP contribution is -2.52. The van der Waals surface area contributed by atoms with Gasteiger partial charge in [0.15, 0.2) is 0 Å². The second kappa shape index (κ2) is 7.79. The first-order valence-corrected chi connectivity index (χ1v) is 7.56. The van der Waals surface area contributed by atoms with Crippen LogP contribution in [-0.4, -0.2) is 61.8 Å². The molecule has 2 rings (SSSR count). The quantitative estimate of drug-likeness (QED) is 0.831. The predicted octanol–water partition coefficient (Wildman–Crippen LogP) is 2.47. The second-order valence-corrected chi connectivity index (χ2v) is 5.51. The zero-order chi connectivity index (χ0) is 16.9. The van der Waals surface area contributed by atoms with E-state index in [1.807, 2.05) is 0 Å². The van der Waals surface area contributed by atoms with E-state index in [9.17, 15) is 18.0 Å². The van der Waals surface area contributed by atoms with Crippen molar-refractivity contribution in [3.8, 4) is 0 Å². The summed E-state index contributed by atoms with van der Waals surface area (Å²) in [5.41, 5.74) is 0.235. The van der Waals surface area contributed by atoms with Crippen LogP contribution < -0.4 is 0 Å². The summed E-state index contributed by atoms with van der Waals surface area (Å²) in [6.45, 7) is 1.35. The van der Waals surface area contributed by atoms with Gasteiger partial charge in [-0.05, 0) is 5.56 Å². The van der Waals surface area contributed by atoms with Gasteiger partial charge in [0.1, 0.15) is 6.04 Å². The van der Waals surface area contributed by atoms with Crippen molar-refractivity contribution in [1.29, 1.82) is 0 Å². The Morgan fingerprint density at radius 2 is 1.78 bits per heavy atom. The van der Waals surface area contributed by atoms with E-state index >= 15 is 0 Å². The molecule has 1 aliphatic heterocycles. The van der Waals surface area contributed by atoms with E-state index in [1.165, 1.54) is 24.1 Å². The summed E-state index contributed by atoms with van der Waals surface area (Å²) in [7, 11) is 1.51. The van der Waals surface area contributed by atoms with Crippen LogP contribution in [0.5, 0.6) is 0 Å². The third-order valence-corrected chi connectivity index (χ3v) is 3.98. The highest BCUT2D eigenvalue weighted by molar-refractivity contribution is 5.76. The molecular formula is C16H21F3N2O2. The largest absolute Gasteiger partial charge is 0.408 e. The number of hydrogen-bond acceptors (Lipinski definition) is 3. The number of ether oxygens (including phenoxy) is 1. The molecular weight excluding hydrogens is 309 g/mol. The lowest BCUT2D eigenvalue weighted by atomic mass is 10.0. The molecule has 0 N–H and O–H groups in total. The maximum absolute atomic E-state index is 13.5. The van der Waals surface area contributed by atoms with Gasteiger partial charge >= 0.3 is 6.18 Å². The Kier molecular flexibility index (Phi) is 6.01. The highest BCUT2D eigenvalue weighted by Gasteiger charge is 2.45.